The third-order valence-electron chi connectivity index (χ3n) is 5.50. The maximum atomic E-state index is 13.4. The molecule has 0 bridgehead atoms. The third kappa shape index (κ3) is 5.40. The van der Waals surface area contributed by atoms with E-state index >= 15 is 0 Å². The van der Waals surface area contributed by atoms with Crippen molar-refractivity contribution < 1.29 is 18.5 Å². The molecule has 0 aromatic rings. The average molecular weight is 390 g/mol. The molecule has 0 amide bonds. The van der Waals surface area contributed by atoms with Gasteiger partial charge in [-0.2, -0.15) is 17.0 Å². The van der Waals surface area contributed by atoms with Crippen molar-refractivity contribution in [2.45, 2.75) is 57.9 Å². The molecule has 2 saturated heterocycles. The van der Waals surface area contributed by atoms with Crippen LogP contribution in [0.15, 0.2) is 0 Å². The topological polar surface area (TPSA) is 119 Å². The number of nitrogens with two attached hydrogens (primary N) is 1. The van der Waals surface area contributed by atoms with Gasteiger partial charge in [-0.15, -0.1) is 0 Å². The van der Waals surface area contributed by atoms with Crippen LogP contribution in [-0.4, -0.2) is 78.5 Å². The lowest BCUT2D eigenvalue weighted by molar-refractivity contribution is 0.276. The van der Waals surface area contributed by atoms with E-state index < -0.39 is 22.9 Å². The van der Waals surface area contributed by atoms with E-state index in [0.29, 0.717) is 39.0 Å². The van der Waals surface area contributed by atoms with E-state index in [1.54, 1.807) is 4.31 Å². The fourth-order valence-electron chi connectivity index (χ4n) is 4.00. The molecule has 26 heavy (non-hydrogen) atoms. The fraction of sp³-hybridized carbons (Fsp3) is 1.00. The molecule has 10 heteroatoms. The van der Waals surface area contributed by atoms with Crippen LogP contribution in [0.2, 0.25) is 6.32 Å². The molecule has 0 spiro atoms. The largest absolute Gasteiger partial charge is 0.451 e. The normalized spacial score (nSPS) is 30.6. The molecule has 2 aliphatic rings. The van der Waals surface area contributed by atoms with Crippen molar-refractivity contribution in [2.24, 2.45) is 17.6 Å². The van der Waals surface area contributed by atoms with Gasteiger partial charge in [-0.1, -0.05) is 20.3 Å². The maximum Gasteiger partial charge on any atom is 0.451 e. The van der Waals surface area contributed by atoms with E-state index in [-0.39, 0.29) is 24.2 Å². The quantitative estimate of drug-likeness (QED) is 0.393. The van der Waals surface area contributed by atoms with Crippen molar-refractivity contribution in [3.63, 3.8) is 0 Å². The molecule has 0 aromatic carbocycles. The molecule has 8 nitrogen and oxygen atoms in total. The second kappa shape index (κ2) is 8.85. The third-order valence-corrected chi connectivity index (χ3v) is 7.47. The van der Waals surface area contributed by atoms with Crippen LogP contribution in [0.25, 0.3) is 0 Å². The van der Waals surface area contributed by atoms with E-state index in [0.717, 1.165) is 13.0 Å². The Bertz CT molecular complexity index is 552. The van der Waals surface area contributed by atoms with Gasteiger partial charge in [0.1, 0.15) is 0 Å². The van der Waals surface area contributed by atoms with Gasteiger partial charge in [0.25, 0.3) is 10.2 Å². The molecule has 3 atom stereocenters. The predicted octanol–water partition coefficient (Wildman–Crippen LogP) is -0.547. The molecule has 0 radical (unpaired) electrons. The van der Waals surface area contributed by atoms with Crippen molar-refractivity contribution >= 4 is 17.3 Å². The number of hydrogen-bond acceptors (Lipinski definition) is 6. The maximum absolute atomic E-state index is 13.4. The Morgan fingerprint density at radius 3 is 2.65 bits per heavy atom. The summed E-state index contributed by atoms with van der Waals surface area (Å²) in [5.41, 5.74) is 5.81. The van der Waals surface area contributed by atoms with Crippen molar-refractivity contribution in [2.75, 3.05) is 32.7 Å². The van der Waals surface area contributed by atoms with Gasteiger partial charge < -0.3 is 21.1 Å². The van der Waals surface area contributed by atoms with Gasteiger partial charge >= 0.3 is 7.12 Å². The zero-order valence-corrected chi connectivity index (χ0v) is 17.1. The van der Waals surface area contributed by atoms with Crippen molar-refractivity contribution in [3.05, 3.63) is 0 Å². The molecule has 0 unspecified atom stereocenters. The summed E-state index contributed by atoms with van der Waals surface area (Å²) in [6, 6.07) is -0.00461. The van der Waals surface area contributed by atoms with E-state index in [2.05, 4.69) is 5.32 Å². The Labute approximate surface area is 158 Å². The highest BCUT2D eigenvalue weighted by Gasteiger charge is 2.47. The van der Waals surface area contributed by atoms with E-state index in [1.165, 1.54) is 4.31 Å². The minimum atomic E-state index is -3.58. The summed E-state index contributed by atoms with van der Waals surface area (Å²) in [6.07, 6.45) is 2.42. The van der Waals surface area contributed by atoms with Gasteiger partial charge in [-0.25, -0.2) is 0 Å². The molecule has 2 aliphatic heterocycles. The standard InChI is InChI=1S/C16H35BN4O4S/c1-13(2)10-21(15-6-8-19-9-15)26(24,25)20-11-14(16(3,18)12-20)5-4-7-17(22)23/h13-15,19,22-23H,4-12,18H2,1-3H3/t14-,15-,16-/m0/s1. The lowest BCUT2D eigenvalue weighted by Gasteiger charge is -2.33. The smallest absolute Gasteiger partial charge is 0.427 e. The predicted molar refractivity (Wildman–Crippen MR) is 104 cm³/mol. The number of nitrogens with one attached hydrogen (secondary N) is 1. The first kappa shape index (κ1) is 22.1. The van der Waals surface area contributed by atoms with Crippen molar-refractivity contribution in [3.8, 4) is 0 Å². The summed E-state index contributed by atoms with van der Waals surface area (Å²) in [7, 11) is -4.90. The van der Waals surface area contributed by atoms with Gasteiger partial charge in [0.2, 0.25) is 0 Å². The summed E-state index contributed by atoms with van der Waals surface area (Å²) >= 11 is 0. The first-order chi connectivity index (χ1) is 12.0. The lowest BCUT2D eigenvalue weighted by Crippen LogP contribution is -2.51. The van der Waals surface area contributed by atoms with Gasteiger partial charge in [-0.05, 0) is 44.5 Å². The first-order valence-electron chi connectivity index (χ1n) is 9.66. The van der Waals surface area contributed by atoms with Crippen LogP contribution < -0.4 is 11.1 Å². The molecule has 0 aromatic heterocycles. The summed E-state index contributed by atoms with van der Waals surface area (Å²) in [5, 5.41) is 21.3. The Morgan fingerprint density at radius 1 is 1.42 bits per heavy atom. The van der Waals surface area contributed by atoms with Crippen LogP contribution in [0.4, 0.5) is 0 Å². The van der Waals surface area contributed by atoms with Crippen molar-refractivity contribution in [1.82, 2.24) is 13.9 Å². The second-order valence-electron chi connectivity index (χ2n) is 8.52. The van der Waals surface area contributed by atoms with Gasteiger partial charge in [-0.3, -0.25) is 0 Å². The summed E-state index contributed by atoms with van der Waals surface area (Å²) in [5.74, 6) is 0.262. The molecule has 0 aliphatic carbocycles. The molecular weight excluding hydrogens is 355 g/mol. The SMILES string of the molecule is CC(C)CN([C@H]1CCNC1)S(=O)(=O)N1C[C@H](CCCB(O)O)[C@@](C)(N)C1. The molecule has 5 N–H and O–H groups in total. The number of rotatable bonds is 9. The highest BCUT2D eigenvalue weighted by Crippen LogP contribution is 2.33. The lowest BCUT2D eigenvalue weighted by atomic mass is 9.79. The highest BCUT2D eigenvalue weighted by atomic mass is 32.2. The summed E-state index contributed by atoms with van der Waals surface area (Å²) in [6.45, 7) is 8.70. The minimum Gasteiger partial charge on any atom is -0.427 e. The summed E-state index contributed by atoms with van der Waals surface area (Å²) < 4.78 is 29.9. The number of hydrogen-bond donors (Lipinski definition) is 4. The van der Waals surface area contributed by atoms with Crippen LogP contribution in [-0.2, 0) is 10.2 Å². The Hall–Kier alpha value is -0.225. The van der Waals surface area contributed by atoms with E-state index in [1.807, 2.05) is 20.8 Å². The van der Waals surface area contributed by atoms with E-state index in [9.17, 15) is 8.42 Å². The Morgan fingerprint density at radius 2 is 2.12 bits per heavy atom. The van der Waals surface area contributed by atoms with Gasteiger partial charge in [0.15, 0.2) is 0 Å². The highest BCUT2D eigenvalue weighted by molar-refractivity contribution is 7.86. The molecular formula is C16H35BN4O4S. The molecule has 2 rings (SSSR count). The minimum absolute atomic E-state index is 0.00461. The monoisotopic (exact) mass is 390 g/mol. The second-order valence-corrected chi connectivity index (χ2v) is 10.4. The zero-order chi connectivity index (χ0) is 19.5. The molecule has 2 heterocycles. The van der Waals surface area contributed by atoms with Crippen LogP contribution >= 0.6 is 0 Å². The van der Waals surface area contributed by atoms with Gasteiger partial charge in [0.05, 0.1) is 0 Å². The van der Waals surface area contributed by atoms with Crippen LogP contribution in [0.5, 0.6) is 0 Å². The molecule has 0 saturated carbocycles. The Kier molecular flexibility index (Phi) is 7.51. The average Bonchev–Trinajstić information content (AvgIpc) is 3.12. The number of nitrogens with zero attached hydrogens (tertiary/aromatic N) is 2. The van der Waals surface area contributed by atoms with Crippen LogP contribution in [0, 0.1) is 11.8 Å². The summed E-state index contributed by atoms with van der Waals surface area (Å²) in [4.78, 5) is 0. The Balaban J connectivity index is 2.11. The first-order valence-corrected chi connectivity index (χ1v) is 11.1. The van der Waals surface area contributed by atoms with Gasteiger partial charge in [0, 0.05) is 37.8 Å². The van der Waals surface area contributed by atoms with E-state index in [4.69, 9.17) is 15.8 Å². The van der Waals surface area contributed by atoms with Crippen LogP contribution in [0.3, 0.4) is 0 Å². The molecule has 152 valence electrons. The zero-order valence-electron chi connectivity index (χ0n) is 16.3. The van der Waals surface area contributed by atoms with Crippen LogP contribution in [0.1, 0.15) is 40.0 Å². The fourth-order valence-corrected chi connectivity index (χ4v) is 6.15. The van der Waals surface area contributed by atoms with Crippen molar-refractivity contribution in [1.29, 1.82) is 0 Å². The molecule has 2 fully saturated rings.